The van der Waals surface area contributed by atoms with Gasteiger partial charge in [0.2, 0.25) is 11.7 Å². The van der Waals surface area contributed by atoms with Crippen molar-refractivity contribution in [3.8, 4) is 17.2 Å². The van der Waals surface area contributed by atoms with Gasteiger partial charge in [0.15, 0.2) is 11.5 Å². The second-order valence-electron chi connectivity index (χ2n) is 5.55. The van der Waals surface area contributed by atoms with Crippen LogP contribution < -0.4 is 14.8 Å². The fourth-order valence-corrected chi connectivity index (χ4v) is 2.52. The number of nitro benzene ring substituents is 1. The zero-order valence-electron chi connectivity index (χ0n) is 14.5. The van der Waals surface area contributed by atoms with E-state index in [0.29, 0.717) is 24.3 Å². The first-order valence-electron chi connectivity index (χ1n) is 7.88. The largest absolute Gasteiger partial charge is 0.504 e. The van der Waals surface area contributed by atoms with Gasteiger partial charge in [0.05, 0.1) is 25.6 Å². The van der Waals surface area contributed by atoms with Gasteiger partial charge in [-0.1, -0.05) is 12.1 Å². The molecule has 138 valence electrons. The summed E-state index contributed by atoms with van der Waals surface area (Å²) < 4.78 is 10.2. The third-order valence-electron chi connectivity index (χ3n) is 3.74. The van der Waals surface area contributed by atoms with Crippen molar-refractivity contribution in [2.24, 2.45) is 0 Å². The smallest absolute Gasteiger partial charge is 0.269 e. The van der Waals surface area contributed by atoms with Crippen LogP contribution in [0.1, 0.15) is 11.1 Å². The highest BCUT2D eigenvalue weighted by Crippen LogP contribution is 2.37. The first kappa shape index (κ1) is 19.0. The van der Waals surface area contributed by atoms with E-state index in [0.717, 1.165) is 5.56 Å². The molecule has 0 unspecified atom stereocenters. The summed E-state index contributed by atoms with van der Waals surface area (Å²) in [4.78, 5) is 22.3. The van der Waals surface area contributed by atoms with Crippen LogP contribution in [0.2, 0.25) is 0 Å². The molecule has 0 heterocycles. The lowest BCUT2D eigenvalue weighted by molar-refractivity contribution is -0.384. The highest BCUT2D eigenvalue weighted by atomic mass is 16.6. The minimum atomic E-state index is -0.495. The van der Waals surface area contributed by atoms with Gasteiger partial charge in [-0.05, 0) is 29.7 Å². The highest BCUT2D eigenvalue weighted by Gasteiger charge is 2.12. The van der Waals surface area contributed by atoms with Crippen LogP contribution in [-0.4, -0.2) is 36.7 Å². The Kier molecular flexibility index (Phi) is 6.37. The Bertz CT molecular complexity index is 806. The molecule has 2 aromatic rings. The predicted octanol–water partition coefficient (Wildman–Crippen LogP) is 2.22. The van der Waals surface area contributed by atoms with Gasteiger partial charge >= 0.3 is 0 Å². The fraction of sp³-hybridized carbons (Fsp3) is 0.278. The van der Waals surface area contributed by atoms with E-state index in [9.17, 15) is 20.0 Å². The van der Waals surface area contributed by atoms with E-state index < -0.39 is 4.92 Å². The quantitative estimate of drug-likeness (QED) is 0.552. The van der Waals surface area contributed by atoms with Crippen molar-refractivity contribution in [1.82, 2.24) is 5.32 Å². The Hall–Kier alpha value is -3.29. The number of methoxy groups -OCH3 is 2. The molecule has 0 aliphatic rings. The third kappa shape index (κ3) is 4.85. The third-order valence-corrected chi connectivity index (χ3v) is 3.74. The Labute approximate surface area is 150 Å². The summed E-state index contributed by atoms with van der Waals surface area (Å²) >= 11 is 0. The summed E-state index contributed by atoms with van der Waals surface area (Å²) in [6.07, 6.45) is 0.535. The molecule has 1 amide bonds. The average molecular weight is 360 g/mol. The minimum absolute atomic E-state index is 0.0372. The van der Waals surface area contributed by atoms with Crippen molar-refractivity contribution in [1.29, 1.82) is 0 Å². The number of nitro groups is 1. The van der Waals surface area contributed by atoms with Crippen molar-refractivity contribution >= 4 is 11.6 Å². The molecule has 0 aliphatic carbocycles. The maximum absolute atomic E-state index is 12.0. The summed E-state index contributed by atoms with van der Waals surface area (Å²) in [5.74, 6) is 0.386. The molecule has 0 aliphatic heterocycles. The molecule has 8 nitrogen and oxygen atoms in total. The molecule has 0 aromatic heterocycles. The standard InChI is InChI=1S/C18H20N2O6/c1-25-16-10-13(9-15(21)18(16)26-2)6-7-19-17(22)11-12-4-3-5-14(8-12)20(23)24/h3-5,8-10,21H,6-7,11H2,1-2H3,(H,19,22). The lowest BCUT2D eigenvalue weighted by Crippen LogP contribution is -2.27. The van der Waals surface area contributed by atoms with Crippen molar-refractivity contribution < 1.29 is 24.3 Å². The normalized spacial score (nSPS) is 10.2. The van der Waals surface area contributed by atoms with Crippen LogP contribution in [0.15, 0.2) is 36.4 Å². The molecule has 0 bridgehead atoms. The van der Waals surface area contributed by atoms with E-state index in [-0.39, 0.29) is 29.5 Å². The lowest BCUT2D eigenvalue weighted by atomic mass is 10.1. The Morgan fingerprint density at radius 2 is 1.96 bits per heavy atom. The van der Waals surface area contributed by atoms with Gasteiger partial charge in [-0.2, -0.15) is 0 Å². The second-order valence-corrected chi connectivity index (χ2v) is 5.55. The number of benzene rings is 2. The zero-order chi connectivity index (χ0) is 19.1. The van der Waals surface area contributed by atoms with Crippen LogP contribution in [0.3, 0.4) is 0 Å². The Balaban J connectivity index is 1.91. The minimum Gasteiger partial charge on any atom is -0.504 e. The number of phenols is 1. The second kappa shape index (κ2) is 8.70. The molecular formula is C18H20N2O6. The SMILES string of the molecule is COc1cc(CCNC(=O)Cc2cccc([N+](=O)[O-])c2)cc(O)c1OC. The van der Waals surface area contributed by atoms with E-state index in [1.54, 1.807) is 24.3 Å². The number of rotatable bonds is 8. The van der Waals surface area contributed by atoms with Gasteiger partial charge in [0.25, 0.3) is 5.69 Å². The summed E-state index contributed by atoms with van der Waals surface area (Å²) in [5, 5.41) is 23.4. The summed E-state index contributed by atoms with van der Waals surface area (Å²) in [7, 11) is 2.91. The Morgan fingerprint density at radius 3 is 2.62 bits per heavy atom. The maximum atomic E-state index is 12.0. The summed E-state index contributed by atoms with van der Waals surface area (Å²) in [5.41, 5.74) is 1.30. The molecule has 0 radical (unpaired) electrons. The first-order chi connectivity index (χ1) is 12.4. The number of phenolic OH excluding ortho intramolecular Hbond substituents is 1. The first-order valence-corrected chi connectivity index (χ1v) is 7.88. The highest BCUT2D eigenvalue weighted by molar-refractivity contribution is 5.78. The molecule has 0 atom stereocenters. The van der Waals surface area contributed by atoms with E-state index in [1.807, 2.05) is 0 Å². The molecule has 0 saturated heterocycles. The molecule has 2 aromatic carbocycles. The average Bonchev–Trinajstić information content (AvgIpc) is 2.61. The molecule has 26 heavy (non-hydrogen) atoms. The number of hydrogen-bond acceptors (Lipinski definition) is 6. The number of nitrogens with one attached hydrogen (secondary N) is 1. The van der Waals surface area contributed by atoms with Crippen molar-refractivity contribution in [2.75, 3.05) is 20.8 Å². The van der Waals surface area contributed by atoms with Crippen LogP contribution >= 0.6 is 0 Å². The Morgan fingerprint density at radius 1 is 1.19 bits per heavy atom. The predicted molar refractivity (Wildman–Crippen MR) is 94.7 cm³/mol. The number of hydrogen-bond donors (Lipinski definition) is 2. The van der Waals surface area contributed by atoms with Crippen LogP contribution in [0.5, 0.6) is 17.2 Å². The van der Waals surface area contributed by atoms with E-state index in [4.69, 9.17) is 9.47 Å². The van der Waals surface area contributed by atoms with E-state index in [1.165, 1.54) is 26.4 Å². The van der Waals surface area contributed by atoms with Crippen LogP contribution in [0, 0.1) is 10.1 Å². The number of carbonyl (C=O) groups excluding carboxylic acids is 1. The van der Waals surface area contributed by atoms with E-state index in [2.05, 4.69) is 5.32 Å². The van der Waals surface area contributed by atoms with Crippen molar-refractivity contribution in [3.63, 3.8) is 0 Å². The molecule has 2 N–H and O–H groups in total. The lowest BCUT2D eigenvalue weighted by Gasteiger charge is -2.12. The molecule has 0 fully saturated rings. The zero-order valence-corrected chi connectivity index (χ0v) is 14.5. The van der Waals surface area contributed by atoms with Gasteiger partial charge < -0.3 is 19.9 Å². The number of aromatic hydroxyl groups is 1. The maximum Gasteiger partial charge on any atom is 0.269 e. The number of non-ortho nitro benzene ring substituents is 1. The number of carbonyl (C=O) groups is 1. The number of amides is 1. The van der Waals surface area contributed by atoms with Crippen molar-refractivity contribution in [3.05, 3.63) is 57.6 Å². The number of nitrogens with zero attached hydrogens (tertiary/aromatic N) is 1. The molecule has 0 spiro atoms. The number of ether oxygens (including phenoxy) is 2. The summed E-state index contributed by atoms with van der Waals surface area (Å²) in [6.45, 7) is 0.350. The van der Waals surface area contributed by atoms with Gasteiger partial charge in [-0.25, -0.2) is 0 Å². The topological polar surface area (TPSA) is 111 Å². The van der Waals surface area contributed by atoms with Gasteiger partial charge in [-0.15, -0.1) is 0 Å². The molecular weight excluding hydrogens is 340 g/mol. The van der Waals surface area contributed by atoms with E-state index >= 15 is 0 Å². The van der Waals surface area contributed by atoms with Gasteiger partial charge in [0, 0.05) is 18.7 Å². The van der Waals surface area contributed by atoms with Crippen LogP contribution in [0.25, 0.3) is 0 Å². The van der Waals surface area contributed by atoms with Crippen LogP contribution in [0.4, 0.5) is 5.69 Å². The molecule has 2 rings (SSSR count). The van der Waals surface area contributed by atoms with Gasteiger partial charge in [-0.3, -0.25) is 14.9 Å². The molecule has 0 saturated carbocycles. The summed E-state index contributed by atoms with van der Waals surface area (Å²) in [6, 6.07) is 9.25. The van der Waals surface area contributed by atoms with Crippen molar-refractivity contribution in [2.45, 2.75) is 12.8 Å². The monoisotopic (exact) mass is 360 g/mol. The molecule has 8 heteroatoms. The van der Waals surface area contributed by atoms with Gasteiger partial charge in [0.1, 0.15) is 0 Å². The van der Waals surface area contributed by atoms with Crippen LogP contribution in [-0.2, 0) is 17.6 Å². The fourth-order valence-electron chi connectivity index (χ4n) is 2.52.